The predicted molar refractivity (Wildman–Crippen MR) is 105 cm³/mol. The molecular formula is C21H25N3OS. The summed E-state index contributed by atoms with van der Waals surface area (Å²) in [4.78, 5) is 3.61. The highest BCUT2D eigenvalue weighted by atomic mass is 32.1. The summed E-state index contributed by atoms with van der Waals surface area (Å²) in [5.41, 5.74) is 2.63. The molecule has 1 atom stereocenters. The number of thiophene rings is 1. The molecule has 0 spiro atoms. The van der Waals surface area contributed by atoms with E-state index in [0.717, 1.165) is 43.9 Å². The van der Waals surface area contributed by atoms with Gasteiger partial charge in [-0.15, -0.1) is 11.3 Å². The van der Waals surface area contributed by atoms with Gasteiger partial charge >= 0.3 is 0 Å². The van der Waals surface area contributed by atoms with E-state index >= 15 is 0 Å². The molecule has 1 aromatic carbocycles. The lowest BCUT2D eigenvalue weighted by molar-refractivity contribution is 0.0591. The summed E-state index contributed by atoms with van der Waals surface area (Å²) in [5.74, 6) is 0.390. The van der Waals surface area contributed by atoms with E-state index in [-0.39, 0.29) is 6.10 Å². The number of aromatic nitrogens is 2. The Bertz CT molecular complexity index is 775. The molecular weight excluding hydrogens is 342 g/mol. The molecule has 1 saturated heterocycles. The first-order valence-corrected chi connectivity index (χ1v) is 10.1. The van der Waals surface area contributed by atoms with Crippen LogP contribution in [0.4, 0.5) is 0 Å². The minimum absolute atomic E-state index is 0.293. The molecule has 0 radical (unpaired) electrons. The monoisotopic (exact) mass is 367 g/mol. The zero-order valence-electron chi connectivity index (χ0n) is 14.9. The van der Waals surface area contributed by atoms with Crippen LogP contribution in [-0.4, -0.2) is 32.9 Å². The SMILES string of the molecule is O[C@@H](c1cccs1)C1CCN(Cc2ccc(Cn3cccn3)cc2)CC1. The summed E-state index contributed by atoms with van der Waals surface area (Å²) < 4.78 is 1.94. The Hall–Kier alpha value is -1.95. The molecule has 2 aromatic heterocycles. The third-order valence-electron chi connectivity index (χ3n) is 5.25. The number of likely N-dealkylation sites (tertiary alicyclic amines) is 1. The third kappa shape index (κ3) is 4.23. The van der Waals surface area contributed by atoms with E-state index in [4.69, 9.17) is 0 Å². The van der Waals surface area contributed by atoms with Crippen molar-refractivity contribution in [3.63, 3.8) is 0 Å². The fourth-order valence-corrected chi connectivity index (χ4v) is 4.51. The minimum atomic E-state index is -0.293. The number of hydrogen-bond acceptors (Lipinski definition) is 4. The molecule has 3 aromatic rings. The molecule has 4 rings (SSSR count). The Kier molecular flexibility index (Phi) is 5.48. The predicted octanol–water partition coefficient (Wildman–Crippen LogP) is 3.94. The number of hydrogen-bond donors (Lipinski definition) is 1. The van der Waals surface area contributed by atoms with Crippen LogP contribution in [0.15, 0.2) is 60.2 Å². The summed E-state index contributed by atoms with van der Waals surface area (Å²) in [6.45, 7) is 3.92. The quantitative estimate of drug-likeness (QED) is 0.717. The van der Waals surface area contributed by atoms with Crippen LogP contribution in [-0.2, 0) is 13.1 Å². The summed E-state index contributed by atoms with van der Waals surface area (Å²) in [6, 6.07) is 14.9. The number of aliphatic hydroxyl groups excluding tert-OH is 1. The van der Waals surface area contributed by atoms with Crippen molar-refractivity contribution in [3.05, 3.63) is 76.2 Å². The van der Waals surface area contributed by atoms with E-state index in [1.54, 1.807) is 11.3 Å². The van der Waals surface area contributed by atoms with Crippen molar-refractivity contribution >= 4 is 11.3 Å². The van der Waals surface area contributed by atoms with Gasteiger partial charge in [-0.05, 0) is 60.5 Å². The molecule has 136 valence electrons. The van der Waals surface area contributed by atoms with E-state index in [1.165, 1.54) is 11.1 Å². The van der Waals surface area contributed by atoms with Gasteiger partial charge in [-0.25, -0.2) is 0 Å². The molecule has 0 bridgehead atoms. The first kappa shape index (κ1) is 17.5. The maximum absolute atomic E-state index is 10.5. The Morgan fingerprint density at radius 2 is 1.77 bits per heavy atom. The van der Waals surface area contributed by atoms with E-state index < -0.39 is 0 Å². The van der Waals surface area contributed by atoms with Crippen LogP contribution >= 0.6 is 11.3 Å². The number of aliphatic hydroxyl groups is 1. The molecule has 5 heteroatoms. The Morgan fingerprint density at radius 3 is 2.38 bits per heavy atom. The van der Waals surface area contributed by atoms with E-state index in [1.807, 2.05) is 40.7 Å². The third-order valence-corrected chi connectivity index (χ3v) is 6.19. The highest BCUT2D eigenvalue weighted by Crippen LogP contribution is 2.33. The van der Waals surface area contributed by atoms with Gasteiger partial charge in [0.15, 0.2) is 0 Å². The zero-order chi connectivity index (χ0) is 17.8. The van der Waals surface area contributed by atoms with Crippen molar-refractivity contribution in [3.8, 4) is 0 Å². The minimum Gasteiger partial charge on any atom is -0.387 e. The van der Waals surface area contributed by atoms with Gasteiger partial charge in [0.1, 0.15) is 0 Å². The molecule has 0 amide bonds. The Labute approximate surface area is 158 Å². The van der Waals surface area contributed by atoms with Crippen LogP contribution in [0.25, 0.3) is 0 Å². The van der Waals surface area contributed by atoms with Gasteiger partial charge in [0.2, 0.25) is 0 Å². The number of nitrogens with zero attached hydrogens (tertiary/aromatic N) is 3. The van der Waals surface area contributed by atoms with Gasteiger partial charge in [0.25, 0.3) is 0 Å². The lowest BCUT2D eigenvalue weighted by Crippen LogP contribution is -2.35. The normalized spacial score (nSPS) is 17.4. The molecule has 1 N–H and O–H groups in total. The van der Waals surface area contributed by atoms with Crippen molar-refractivity contribution in [1.29, 1.82) is 0 Å². The first-order valence-electron chi connectivity index (χ1n) is 9.27. The molecule has 1 fully saturated rings. The Morgan fingerprint density at radius 1 is 1.04 bits per heavy atom. The summed E-state index contributed by atoms with van der Waals surface area (Å²) in [7, 11) is 0. The van der Waals surface area contributed by atoms with E-state index in [2.05, 4.69) is 34.3 Å². The fraction of sp³-hybridized carbons (Fsp3) is 0.381. The zero-order valence-corrected chi connectivity index (χ0v) is 15.7. The lowest BCUT2D eigenvalue weighted by atomic mass is 9.90. The molecule has 0 aliphatic carbocycles. The van der Waals surface area contributed by atoms with Crippen LogP contribution in [0, 0.1) is 5.92 Å². The molecule has 0 saturated carbocycles. The van der Waals surface area contributed by atoms with Crippen molar-refractivity contribution < 1.29 is 5.11 Å². The highest BCUT2D eigenvalue weighted by molar-refractivity contribution is 7.10. The second kappa shape index (κ2) is 8.16. The fourth-order valence-electron chi connectivity index (χ4n) is 3.71. The van der Waals surface area contributed by atoms with Gasteiger partial charge < -0.3 is 5.11 Å². The van der Waals surface area contributed by atoms with Crippen molar-refractivity contribution in [1.82, 2.24) is 14.7 Å². The van der Waals surface area contributed by atoms with Crippen LogP contribution in [0.2, 0.25) is 0 Å². The van der Waals surface area contributed by atoms with Crippen molar-refractivity contribution in [2.24, 2.45) is 5.92 Å². The smallest absolute Gasteiger partial charge is 0.0910 e. The molecule has 3 heterocycles. The summed E-state index contributed by atoms with van der Waals surface area (Å²) in [5, 5.41) is 16.8. The molecule has 1 aliphatic heterocycles. The average Bonchev–Trinajstić information content (AvgIpc) is 3.37. The molecule has 26 heavy (non-hydrogen) atoms. The van der Waals surface area contributed by atoms with Gasteiger partial charge in [0, 0.05) is 23.8 Å². The van der Waals surface area contributed by atoms with Gasteiger partial charge in [-0.1, -0.05) is 30.3 Å². The van der Waals surface area contributed by atoms with Gasteiger partial charge in [-0.3, -0.25) is 9.58 Å². The standard InChI is InChI=1S/C21H25N3OS/c25-21(20-3-1-14-26-20)19-8-12-23(13-9-19)15-17-4-6-18(7-5-17)16-24-11-2-10-22-24/h1-7,10-11,14,19,21,25H,8-9,12-13,15-16H2/t21-/m1/s1. The Balaban J connectivity index is 1.27. The van der Waals surface area contributed by atoms with Crippen LogP contribution in [0.5, 0.6) is 0 Å². The lowest BCUT2D eigenvalue weighted by Gasteiger charge is -2.34. The van der Waals surface area contributed by atoms with Crippen molar-refractivity contribution in [2.45, 2.75) is 32.0 Å². The van der Waals surface area contributed by atoms with E-state index in [0.29, 0.717) is 5.92 Å². The topological polar surface area (TPSA) is 41.3 Å². The second-order valence-corrected chi connectivity index (χ2v) is 8.07. The second-order valence-electron chi connectivity index (χ2n) is 7.09. The highest BCUT2D eigenvalue weighted by Gasteiger charge is 2.26. The van der Waals surface area contributed by atoms with Crippen LogP contribution < -0.4 is 0 Å². The van der Waals surface area contributed by atoms with Crippen molar-refractivity contribution in [2.75, 3.05) is 13.1 Å². The van der Waals surface area contributed by atoms with Crippen LogP contribution in [0.1, 0.15) is 34.9 Å². The number of benzene rings is 1. The molecule has 0 unspecified atom stereocenters. The summed E-state index contributed by atoms with van der Waals surface area (Å²) in [6.07, 6.45) is 5.64. The molecule has 4 nitrogen and oxygen atoms in total. The molecule has 1 aliphatic rings. The first-order chi connectivity index (χ1) is 12.8. The summed E-state index contributed by atoms with van der Waals surface area (Å²) >= 11 is 1.66. The number of rotatable bonds is 6. The average molecular weight is 368 g/mol. The van der Waals surface area contributed by atoms with Crippen LogP contribution in [0.3, 0.4) is 0 Å². The van der Waals surface area contributed by atoms with Gasteiger partial charge in [-0.2, -0.15) is 5.10 Å². The van der Waals surface area contributed by atoms with E-state index in [9.17, 15) is 5.11 Å². The van der Waals surface area contributed by atoms with Gasteiger partial charge in [0.05, 0.1) is 12.6 Å². The number of piperidine rings is 1. The maximum Gasteiger partial charge on any atom is 0.0910 e. The maximum atomic E-state index is 10.5. The largest absolute Gasteiger partial charge is 0.387 e.